The van der Waals surface area contributed by atoms with Gasteiger partial charge in [0.15, 0.2) is 0 Å². The molecule has 0 amide bonds. The zero-order valence-corrected chi connectivity index (χ0v) is 13.7. The van der Waals surface area contributed by atoms with Crippen LogP contribution in [0.3, 0.4) is 0 Å². The molecule has 1 aromatic carbocycles. The summed E-state index contributed by atoms with van der Waals surface area (Å²) >= 11 is 7.17. The van der Waals surface area contributed by atoms with Crippen LogP contribution in [0.5, 0.6) is 0 Å². The highest BCUT2D eigenvalue weighted by Crippen LogP contribution is 2.35. The van der Waals surface area contributed by atoms with Crippen molar-refractivity contribution in [2.24, 2.45) is 0 Å². The predicted molar refractivity (Wildman–Crippen MR) is 84.6 cm³/mol. The first kappa shape index (κ1) is 14.1. The standard InChI is InChI=1S/C14H16BrNS2/c1-10(2)16-9-11-5-6-12(15)8-13(11)18-14-4-3-7-17-14/h3-8,10,16H,9H2,1-2H3. The molecule has 0 aliphatic rings. The Hall–Kier alpha value is -0.290. The molecule has 1 N–H and O–H groups in total. The minimum absolute atomic E-state index is 0.508. The summed E-state index contributed by atoms with van der Waals surface area (Å²) in [5, 5.41) is 5.59. The van der Waals surface area contributed by atoms with E-state index in [1.807, 2.05) is 11.8 Å². The highest BCUT2D eigenvalue weighted by atomic mass is 79.9. The average molecular weight is 342 g/mol. The molecule has 0 spiro atoms. The summed E-state index contributed by atoms with van der Waals surface area (Å²) in [6, 6.07) is 11.3. The highest BCUT2D eigenvalue weighted by molar-refractivity contribution is 9.10. The fourth-order valence-electron chi connectivity index (χ4n) is 1.51. The second kappa shape index (κ2) is 6.75. The fourth-order valence-corrected chi connectivity index (χ4v) is 3.92. The van der Waals surface area contributed by atoms with E-state index in [9.17, 15) is 0 Å². The largest absolute Gasteiger partial charge is 0.310 e. The quantitative estimate of drug-likeness (QED) is 0.805. The minimum atomic E-state index is 0.508. The molecule has 0 fully saturated rings. The van der Waals surface area contributed by atoms with Gasteiger partial charge in [0, 0.05) is 22.0 Å². The maximum atomic E-state index is 3.55. The first-order valence-corrected chi connectivity index (χ1v) is 8.37. The normalized spacial score (nSPS) is 11.1. The summed E-state index contributed by atoms with van der Waals surface area (Å²) in [5.74, 6) is 0. The van der Waals surface area contributed by atoms with Crippen molar-refractivity contribution >= 4 is 39.0 Å². The number of benzene rings is 1. The van der Waals surface area contributed by atoms with Crippen molar-refractivity contribution in [1.29, 1.82) is 0 Å². The second-order valence-electron chi connectivity index (χ2n) is 4.32. The molecule has 0 aliphatic carbocycles. The third kappa shape index (κ3) is 4.12. The van der Waals surface area contributed by atoms with Gasteiger partial charge in [-0.1, -0.05) is 53.7 Å². The van der Waals surface area contributed by atoms with Gasteiger partial charge in [-0.3, -0.25) is 0 Å². The average Bonchev–Trinajstić information content (AvgIpc) is 2.80. The second-order valence-corrected chi connectivity index (χ2v) is 7.53. The maximum Gasteiger partial charge on any atom is 0.0646 e. The van der Waals surface area contributed by atoms with Gasteiger partial charge in [-0.2, -0.15) is 0 Å². The fraction of sp³-hybridized carbons (Fsp3) is 0.286. The van der Waals surface area contributed by atoms with Crippen LogP contribution in [0.25, 0.3) is 0 Å². The lowest BCUT2D eigenvalue weighted by Crippen LogP contribution is -2.22. The van der Waals surface area contributed by atoms with Crippen molar-refractivity contribution < 1.29 is 0 Å². The van der Waals surface area contributed by atoms with Gasteiger partial charge in [0.05, 0.1) is 4.21 Å². The van der Waals surface area contributed by atoms with Crippen molar-refractivity contribution in [2.45, 2.75) is 35.5 Å². The third-order valence-corrected chi connectivity index (χ3v) is 5.07. The van der Waals surface area contributed by atoms with Gasteiger partial charge in [0.2, 0.25) is 0 Å². The van der Waals surface area contributed by atoms with Crippen LogP contribution in [0.4, 0.5) is 0 Å². The first-order valence-electron chi connectivity index (χ1n) is 5.88. The van der Waals surface area contributed by atoms with E-state index in [1.54, 1.807) is 11.3 Å². The van der Waals surface area contributed by atoms with Crippen molar-refractivity contribution in [3.05, 3.63) is 45.7 Å². The van der Waals surface area contributed by atoms with E-state index in [4.69, 9.17) is 0 Å². The van der Waals surface area contributed by atoms with Crippen molar-refractivity contribution in [2.75, 3.05) is 0 Å². The summed E-state index contributed by atoms with van der Waals surface area (Å²) in [5.41, 5.74) is 1.35. The Balaban J connectivity index is 2.17. The molecule has 0 saturated heterocycles. The molecule has 18 heavy (non-hydrogen) atoms. The summed E-state index contributed by atoms with van der Waals surface area (Å²) < 4.78 is 2.47. The molecule has 1 heterocycles. The van der Waals surface area contributed by atoms with Gasteiger partial charge in [-0.15, -0.1) is 11.3 Å². The minimum Gasteiger partial charge on any atom is -0.310 e. The molecule has 1 nitrogen and oxygen atoms in total. The van der Waals surface area contributed by atoms with Crippen molar-refractivity contribution in [3.63, 3.8) is 0 Å². The molecule has 96 valence electrons. The van der Waals surface area contributed by atoms with Gasteiger partial charge in [-0.25, -0.2) is 0 Å². The lowest BCUT2D eigenvalue weighted by molar-refractivity contribution is 0.584. The molecule has 0 bridgehead atoms. The Morgan fingerprint density at radius 3 is 2.83 bits per heavy atom. The Bertz CT molecular complexity index is 495. The summed E-state index contributed by atoms with van der Waals surface area (Å²) in [7, 11) is 0. The van der Waals surface area contributed by atoms with Crippen LogP contribution in [0.2, 0.25) is 0 Å². The maximum absolute atomic E-state index is 3.55. The van der Waals surface area contributed by atoms with E-state index in [1.165, 1.54) is 14.7 Å². The molecule has 0 atom stereocenters. The summed E-state index contributed by atoms with van der Waals surface area (Å²) in [6.45, 7) is 5.26. The number of rotatable bonds is 5. The number of hydrogen-bond donors (Lipinski definition) is 1. The van der Waals surface area contributed by atoms with Gasteiger partial charge in [-0.05, 0) is 29.1 Å². The predicted octanol–water partition coefficient (Wildman–Crippen LogP) is 5.16. The zero-order valence-electron chi connectivity index (χ0n) is 10.4. The van der Waals surface area contributed by atoms with Gasteiger partial charge in [0.1, 0.15) is 0 Å². The van der Waals surface area contributed by atoms with E-state index in [0.29, 0.717) is 6.04 Å². The molecular formula is C14H16BrNS2. The monoisotopic (exact) mass is 341 g/mol. The number of hydrogen-bond acceptors (Lipinski definition) is 3. The Labute approximate surface area is 125 Å². The van der Waals surface area contributed by atoms with E-state index in [2.05, 4.69) is 70.8 Å². The van der Waals surface area contributed by atoms with Crippen LogP contribution in [-0.2, 0) is 6.54 Å². The Morgan fingerprint density at radius 1 is 1.33 bits per heavy atom. The number of thiophene rings is 1. The summed E-state index contributed by atoms with van der Waals surface area (Å²) in [4.78, 5) is 1.32. The lowest BCUT2D eigenvalue weighted by atomic mass is 10.2. The van der Waals surface area contributed by atoms with Gasteiger partial charge < -0.3 is 5.32 Å². The van der Waals surface area contributed by atoms with Crippen LogP contribution in [0.15, 0.2) is 49.3 Å². The van der Waals surface area contributed by atoms with Crippen LogP contribution in [0.1, 0.15) is 19.4 Å². The van der Waals surface area contributed by atoms with E-state index in [0.717, 1.165) is 11.0 Å². The first-order chi connectivity index (χ1) is 8.65. The number of nitrogens with one attached hydrogen (secondary N) is 1. The Kier molecular flexibility index (Phi) is 5.30. The van der Waals surface area contributed by atoms with E-state index >= 15 is 0 Å². The SMILES string of the molecule is CC(C)NCc1ccc(Br)cc1Sc1cccs1. The van der Waals surface area contributed by atoms with Crippen LogP contribution < -0.4 is 5.32 Å². The topological polar surface area (TPSA) is 12.0 Å². The molecule has 2 rings (SSSR count). The van der Waals surface area contributed by atoms with E-state index < -0.39 is 0 Å². The molecular weight excluding hydrogens is 326 g/mol. The molecule has 0 radical (unpaired) electrons. The highest BCUT2D eigenvalue weighted by Gasteiger charge is 2.06. The molecule has 1 aromatic heterocycles. The molecule has 0 saturated carbocycles. The van der Waals surface area contributed by atoms with Crippen LogP contribution >= 0.6 is 39.0 Å². The van der Waals surface area contributed by atoms with Gasteiger partial charge >= 0.3 is 0 Å². The smallest absolute Gasteiger partial charge is 0.0646 e. The molecule has 4 heteroatoms. The molecule has 0 aliphatic heterocycles. The zero-order chi connectivity index (χ0) is 13.0. The van der Waals surface area contributed by atoms with Crippen molar-refractivity contribution in [3.8, 4) is 0 Å². The molecule has 0 unspecified atom stereocenters. The summed E-state index contributed by atoms with van der Waals surface area (Å²) in [6.07, 6.45) is 0. The van der Waals surface area contributed by atoms with Crippen LogP contribution in [-0.4, -0.2) is 6.04 Å². The van der Waals surface area contributed by atoms with E-state index in [-0.39, 0.29) is 0 Å². The third-order valence-electron chi connectivity index (χ3n) is 2.44. The van der Waals surface area contributed by atoms with Gasteiger partial charge in [0.25, 0.3) is 0 Å². The molecule has 2 aromatic rings. The number of halogens is 1. The van der Waals surface area contributed by atoms with Crippen molar-refractivity contribution in [1.82, 2.24) is 5.32 Å². The lowest BCUT2D eigenvalue weighted by Gasteiger charge is -2.12. The Morgan fingerprint density at radius 2 is 2.17 bits per heavy atom. The van der Waals surface area contributed by atoms with Crippen LogP contribution in [0, 0.1) is 0 Å².